The summed E-state index contributed by atoms with van der Waals surface area (Å²) in [7, 11) is 7.08. The number of likely N-dealkylation sites (N-methyl/N-ethyl adjacent to an activating group) is 2. The summed E-state index contributed by atoms with van der Waals surface area (Å²) in [5.74, 6) is 0.918. The number of amides is 2. The molecule has 8 nitrogen and oxygen atoms in total. The highest BCUT2D eigenvalue weighted by atomic mass is 16.5. The number of methoxy groups -OCH3 is 2. The average molecular weight is 470 g/mol. The normalized spacial score (nSPS) is 22.1. The molecular formula is C26H35N3O5. The third-order valence-corrected chi connectivity index (χ3v) is 6.37. The Bertz CT molecular complexity index is 994. The SMILES string of the molecule is COc1ccc(C(=O)Nc2ccc3c(c2)C(=O)N(C)C[C@@H](OC)[C@H](C)CN(C)[C@H](C)CO3)cc1. The minimum atomic E-state index is -0.277. The Morgan fingerprint density at radius 1 is 1.06 bits per heavy atom. The monoisotopic (exact) mass is 469 g/mol. The molecule has 0 fully saturated rings. The van der Waals surface area contributed by atoms with Gasteiger partial charge in [0.25, 0.3) is 11.8 Å². The Morgan fingerprint density at radius 2 is 1.76 bits per heavy atom. The molecule has 0 aromatic heterocycles. The summed E-state index contributed by atoms with van der Waals surface area (Å²) in [6.45, 7) is 5.93. The molecule has 0 aliphatic carbocycles. The van der Waals surface area contributed by atoms with Crippen LogP contribution in [0.5, 0.6) is 11.5 Å². The van der Waals surface area contributed by atoms with E-state index in [0.29, 0.717) is 41.5 Å². The minimum Gasteiger partial charge on any atom is -0.497 e. The first-order valence-electron chi connectivity index (χ1n) is 11.4. The second kappa shape index (κ2) is 11.4. The Labute approximate surface area is 201 Å². The predicted molar refractivity (Wildman–Crippen MR) is 132 cm³/mol. The standard InChI is InChI=1S/C26H35N3O5/c1-17-14-28(3)18(2)16-34-23-12-9-20(13-22(23)26(31)29(4)15-24(17)33-6)27-25(30)19-7-10-21(32-5)11-8-19/h7-13,17-18,24H,14-16H2,1-6H3,(H,27,30)/t17-,18-,24-/m1/s1. The number of rotatable bonds is 4. The summed E-state index contributed by atoms with van der Waals surface area (Å²) < 4.78 is 16.9. The van der Waals surface area contributed by atoms with Crippen molar-refractivity contribution in [1.82, 2.24) is 9.80 Å². The summed E-state index contributed by atoms with van der Waals surface area (Å²) in [6.07, 6.45) is -0.106. The molecule has 2 aromatic carbocycles. The zero-order chi connectivity index (χ0) is 24.8. The number of hydrogen-bond acceptors (Lipinski definition) is 6. The van der Waals surface area contributed by atoms with Gasteiger partial charge in [-0.3, -0.25) is 14.5 Å². The molecule has 0 bridgehead atoms. The van der Waals surface area contributed by atoms with Crippen molar-refractivity contribution < 1.29 is 23.8 Å². The number of ether oxygens (including phenoxy) is 3. The molecule has 0 saturated carbocycles. The summed E-state index contributed by atoms with van der Waals surface area (Å²) in [5.41, 5.74) is 1.40. The molecule has 34 heavy (non-hydrogen) atoms. The number of nitrogens with one attached hydrogen (secondary N) is 1. The van der Waals surface area contributed by atoms with Gasteiger partial charge in [0.1, 0.15) is 18.1 Å². The molecule has 184 valence electrons. The third kappa shape index (κ3) is 6.07. The van der Waals surface area contributed by atoms with Gasteiger partial charge in [0.2, 0.25) is 0 Å². The molecule has 1 N–H and O–H groups in total. The van der Waals surface area contributed by atoms with Gasteiger partial charge in [-0.1, -0.05) is 6.92 Å². The summed E-state index contributed by atoms with van der Waals surface area (Å²) in [6, 6.07) is 12.1. The summed E-state index contributed by atoms with van der Waals surface area (Å²) >= 11 is 0. The van der Waals surface area contributed by atoms with Crippen LogP contribution in [-0.2, 0) is 4.74 Å². The van der Waals surface area contributed by atoms with Crippen molar-refractivity contribution in [3.05, 3.63) is 53.6 Å². The van der Waals surface area contributed by atoms with Crippen LogP contribution in [0, 0.1) is 5.92 Å². The fraction of sp³-hybridized carbons (Fsp3) is 0.462. The zero-order valence-corrected chi connectivity index (χ0v) is 20.8. The van der Waals surface area contributed by atoms with E-state index in [1.807, 2.05) is 0 Å². The molecule has 1 heterocycles. The molecule has 0 spiro atoms. The van der Waals surface area contributed by atoms with Crippen LogP contribution in [-0.4, -0.2) is 81.8 Å². The van der Waals surface area contributed by atoms with Crippen LogP contribution >= 0.6 is 0 Å². The second-order valence-corrected chi connectivity index (χ2v) is 8.93. The number of nitrogens with zero attached hydrogens (tertiary/aromatic N) is 2. The maximum absolute atomic E-state index is 13.4. The van der Waals surface area contributed by atoms with Crippen LogP contribution in [0.15, 0.2) is 42.5 Å². The van der Waals surface area contributed by atoms with Crippen LogP contribution in [0.1, 0.15) is 34.6 Å². The first kappa shape index (κ1) is 25.5. The van der Waals surface area contributed by atoms with Crippen LogP contribution < -0.4 is 14.8 Å². The molecule has 8 heteroatoms. The van der Waals surface area contributed by atoms with Gasteiger partial charge in [-0.25, -0.2) is 0 Å². The van der Waals surface area contributed by atoms with E-state index < -0.39 is 0 Å². The van der Waals surface area contributed by atoms with Gasteiger partial charge in [-0.2, -0.15) is 0 Å². The van der Waals surface area contributed by atoms with E-state index in [9.17, 15) is 9.59 Å². The molecule has 2 amide bonds. The van der Waals surface area contributed by atoms with Crippen LogP contribution in [0.4, 0.5) is 5.69 Å². The Kier molecular flexibility index (Phi) is 8.52. The van der Waals surface area contributed by atoms with Crippen LogP contribution in [0.3, 0.4) is 0 Å². The predicted octanol–water partition coefficient (Wildman–Crippen LogP) is 3.38. The van der Waals surface area contributed by atoms with E-state index in [1.54, 1.807) is 68.6 Å². The number of carbonyl (C=O) groups excluding carboxylic acids is 2. The van der Waals surface area contributed by atoms with Crippen molar-refractivity contribution in [2.75, 3.05) is 53.3 Å². The fourth-order valence-electron chi connectivity index (χ4n) is 3.98. The number of benzene rings is 2. The Balaban J connectivity index is 1.88. The molecule has 1 aliphatic rings. The molecule has 3 rings (SSSR count). The van der Waals surface area contributed by atoms with E-state index in [0.717, 1.165) is 6.54 Å². The van der Waals surface area contributed by atoms with E-state index in [-0.39, 0.29) is 29.9 Å². The van der Waals surface area contributed by atoms with Gasteiger partial charge in [-0.05, 0) is 62.4 Å². The first-order chi connectivity index (χ1) is 16.2. The van der Waals surface area contributed by atoms with Gasteiger partial charge in [0.05, 0.1) is 18.8 Å². The lowest BCUT2D eigenvalue weighted by Gasteiger charge is -2.34. The van der Waals surface area contributed by atoms with Crippen molar-refractivity contribution in [3.8, 4) is 11.5 Å². The van der Waals surface area contributed by atoms with Crippen molar-refractivity contribution in [1.29, 1.82) is 0 Å². The Hall–Kier alpha value is -3.10. The molecule has 3 atom stereocenters. The van der Waals surface area contributed by atoms with Gasteiger partial charge in [0, 0.05) is 44.5 Å². The topological polar surface area (TPSA) is 80.3 Å². The van der Waals surface area contributed by atoms with Crippen molar-refractivity contribution in [2.45, 2.75) is 26.0 Å². The second-order valence-electron chi connectivity index (χ2n) is 8.93. The van der Waals surface area contributed by atoms with Gasteiger partial charge < -0.3 is 24.4 Å². The smallest absolute Gasteiger partial charge is 0.257 e. The minimum absolute atomic E-state index is 0.106. The highest BCUT2D eigenvalue weighted by Crippen LogP contribution is 2.26. The first-order valence-corrected chi connectivity index (χ1v) is 11.4. The van der Waals surface area contributed by atoms with Crippen LogP contribution in [0.25, 0.3) is 0 Å². The van der Waals surface area contributed by atoms with E-state index in [1.165, 1.54) is 0 Å². The third-order valence-electron chi connectivity index (χ3n) is 6.37. The molecule has 0 saturated heterocycles. The van der Waals surface area contributed by atoms with Crippen molar-refractivity contribution in [3.63, 3.8) is 0 Å². The maximum Gasteiger partial charge on any atom is 0.257 e. The molecular weight excluding hydrogens is 434 g/mol. The molecule has 1 aliphatic heterocycles. The van der Waals surface area contributed by atoms with E-state index in [4.69, 9.17) is 14.2 Å². The number of fused-ring (bicyclic) bond motifs is 1. The summed E-state index contributed by atoms with van der Waals surface area (Å²) in [5, 5.41) is 2.87. The Morgan fingerprint density at radius 3 is 2.41 bits per heavy atom. The molecule has 0 unspecified atom stereocenters. The van der Waals surface area contributed by atoms with Gasteiger partial charge in [-0.15, -0.1) is 0 Å². The lowest BCUT2D eigenvalue weighted by atomic mass is 10.0. The number of anilines is 1. The van der Waals surface area contributed by atoms with Gasteiger partial charge in [0.15, 0.2) is 0 Å². The molecule has 0 radical (unpaired) electrons. The van der Waals surface area contributed by atoms with Crippen LogP contribution in [0.2, 0.25) is 0 Å². The average Bonchev–Trinajstić information content (AvgIpc) is 2.84. The van der Waals surface area contributed by atoms with E-state index >= 15 is 0 Å². The lowest BCUT2D eigenvalue weighted by Crippen LogP contribution is -2.45. The summed E-state index contributed by atoms with van der Waals surface area (Å²) in [4.78, 5) is 30.0. The zero-order valence-electron chi connectivity index (χ0n) is 20.8. The maximum atomic E-state index is 13.4. The molecule has 2 aromatic rings. The van der Waals surface area contributed by atoms with Crippen molar-refractivity contribution >= 4 is 17.5 Å². The highest BCUT2D eigenvalue weighted by molar-refractivity contribution is 6.05. The largest absolute Gasteiger partial charge is 0.497 e. The lowest BCUT2D eigenvalue weighted by molar-refractivity contribution is 0.0150. The fourth-order valence-corrected chi connectivity index (χ4v) is 3.98. The quantitative estimate of drug-likeness (QED) is 0.740. The number of hydrogen-bond donors (Lipinski definition) is 1. The highest BCUT2D eigenvalue weighted by Gasteiger charge is 2.27. The van der Waals surface area contributed by atoms with E-state index in [2.05, 4.69) is 31.1 Å². The van der Waals surface area contributed by atoms with Gasteiger partial charge >= 0.3 is 0 Å². The number of carbonyl (C=O) groups is 2. The van der Waals surface area contributed by atoms with Crippen molar-refractivity contribution in [2.24, 2.45) is 5.92 Å².